The van der Waals surface area contributed by atoms with Crippen LogP contribution in [-0.2, 0) is 6.42 Å². The van der Waals surface area contributed by atoms with Crippen molar-refractivity contribution in [2.45, 2.75) is 33.1 Å². The van der Waals surface area contributed by atoms with Gasteiger partial charge < -0.3 is 0 Å². The van der Waals surface area contributed by atoms with Crippen molar-refractivity contribution in [3.05, 3.63) is 106 Å². The fourth-order valence-electron chi connectivity index (χ4n) is 2.70. The zero-order valence-electron chi connectivity index (χ0n) is 16.0. The normalized spacial score (nSPS) is 9.70. The number of unbranched alkanes of at least 4 members (excludes halogenated alkanes) is 1. The summed E-state index contributed by atoms with van der Waals surface area (Å²) >= 11 is 0. The largest absolute Gasteiger partial charge is 0.0654 e. The zero-order valence-corrected chi connectivity index (χ0v) is 16.0. The van der Waals surface area contributed by atoms with Crippen LogP contribution < -0.4 is 0 Å². The molecule has 0 nitrogen and oxygen atoms in total. The van der Waals surface area contributed by atoms with Crippen LogP contribution in [0.5, 0.6) is 0 Å². The van der Waals surface area contributed by atoms with Gasteiger partial charge in [0, 0.05) is 22.3 Å². The maximum Gasteiger partial charge on any atom is 0.0249 e. The minimum absolute atomic E-state index is 1.00. The first-order chi connectivity index (χ1) is 13.2. The molecule has 3 rings (SSSR count). The summed E-state index contributed by atoms with van der Waals surface area (Å²) in [5.41, 5.74) is 6.73. The molecule has 0 aliphatic rings. The molecular weight excluding hydrogens is 324 g/mol. The number of hydrogen-bond donors (Lipinski definition) is 0. The van der Waals surface area contributed by atoms with Gasteiger partial charge in [-0.05, 0) is 73.9 Å². The van der Waals surface area contributed by atoms with Gasteiger partial charge in [-0.2, -0.15) is 0 Å². The summed E-state index contributed by atoms with van der Waals surface area (Å²) in [5, 5.41) is 0. The Balaban J connectivity index is 1.64. The third-order valence-corrected chi connectivity index (χ3v) is 4.41. The molecular formula is C27H24. The molecule has 0 saturated carbocycles. The van der Waals surface area contributed by atoms with Gasteiger partial charge in [0.1, 0.15) is 0 Å². The van der Waals surface area contributed by atoms with Crippen molar-refractivity contribution >= 4 is 0 Å². The van der Waals surface area contributed by atoms with Gasteiger partial charge in [-0.1, -0.05) is 66.9 Å². The maximum absolute atomic E-state index is 3.24. The van der Waals surface area contributed by atoms with E-state index in [0.29, 0.717) is 0 Å². The molecule has 0 saturated heterocycles. The molecule has 0 aliphatic carbocycles. The van der Waals surface area contributed by atoms with Crippen LogP contribution >= 0.6 is 0 Å². The van der Waals surface area contributed by atoms with E-state index in [9.17, 15) is 0 Å². The molecule has 0 radical (unpaired) electrons. The third kappa shape index (κ3) is 5.91. The molecule has 0 fully saturated rings. The van der Waals surface area contributed by atoms with E-state index in [1.54, 1.807) is 0 Å². The molecule has 0 heteroatoms. The second kappa shape index (κ2) is 9.47. The highest BCUT2D eigenvalue weighted by Crippen LogP contribution is 2.08. The molecule has 27 heavy (non-hydrogen) atoms. The Labute approximate surface area is 163 Å². The van der Waals surface area contributed by atoms with Crippen LogP contribution in [0.25, 0.3) is 0 Å². The average Bonchev–Trinajstić information content (AvgIpc) is 2.72. The molecule has 0 bridgehead atoms. The third-order valence-electron chi connectivity index (χ3n) is 4.41. The van der Waals surface area contributed by atoms with Crippen molar-refractivity contribution in [3.63, 3.8) is 0 Å². The number of hydrogen-bond acceptors (Lipinski definition) is 0. The average molecular weight is 348 g/mol. The lowest BCUT2D eigenvalue weighted by atomic mass is 10.1. The lowest BCUT2D eigenvalue weighted by Gasteiger charge is -1.99. The fraction of sp³-hybridized carbons (Fsp3) is 0.185. The molecule has 0 aliphatic heterocycles. The van der Waals surface area contributed by atoms with Crippen molar-refractivity contribution in [1.82, 2.24) is 0 Å². The second-order valence-electron chi connectivity index (χ2n) is 6.74. The predicted octanol–water partition coefficient (Wildman–Crippen LogP) is 6.14. The Morgan fingerprint density at radius 3 is 1.33 bits per heavy atom. The van der Waals surface area contributed by atoms with Gasteiger partial charge in [0.15, 0.2) is 0 Å². The van der Waals surface area contributed by atoms with Gasteiger partial charge in [0.25, 0.3) is 0 Å². The lowest BCUT2D eigenvalue weighted by Crippen LogP contribution is -1.84. The summed E-state index contributed by atoms with van der Waals surface area (Å²) in [4.78, 5) is 0. The highest BCUT2D eigenvalue weighted by atomic mass is 14.0. The van der Waals surface area contributed by atoms with Gasteiger partial charge in [-0.25, -0.2) is 0 Å². The summed E-state index contributed by atoms with van der Waals surface area (Å²) in [7, 11) is 0. The molecule has 0 spiro atoms. The molecule has 0 atom stereocenters. The van der Waals surface area contributed by atoms with E-state index < -0.39 is 0 Å². The zero-order chi connectivity index (χ0) is 18.9. The van der Waals surface area contributed by atoms with E-state index >= 15 is 0 Å². The molecule has 0 heterocycles. The highest BCUT2D eigenvalue weighted by molar-refractivity contribution is 5.48. The minimum Gasteiger partial charge on any atom is -0.0654 e. The second-order valence-corrected chi connectivity index (χ2v) is 6.74. The van der Waals surface area contributed by atoms with Crippen molar-refractivity contribution < 1.29 is 0 Å². The van der Waals surface area contributed by atoms with E-state index in [-0.39, 0.29) is 0 Å². The minimum atomic E-state index is 1.00. The molecule has 0 amide bonds. The fourth-order valence-corrected chi connectivity index (χ4v) is 2.70. The van der Waals surface area contributed by atoms with Crippen LogP contribution in [0.2, 0.25) is 0 Å². The van der Waals surface area contributed by atoms with E-state index in [1.807, 2.05) is 24.3 Å². The van der Waals surface area contributed by atoms with Gasteiger partial charge in [0.2, 0.25) is 0 Å². The summed E-state index contributed by atoms with van der Waals surface area (Å²) in [6.45, 7) is 4.30. The smallest absolute Gasteiger partial charge is 0.0249 e. The Morgan fingerprint density at radius 2 is 0.926 bits per heavy atom. The monoisotopic (exact) mass is 348 g/mol. The summed E-state index contributed by atoms with van der Waals surface area (Å²) in [6, 6.07) is 25.0. The summed E-state index contributed by atoms with van der Waals surface area (Å²) in [5.74, 6) is 12.9. The molecule has 0 aromatic heterocycles. The molecule has 3 aromatic rings. The van der Waals surface area contributed by atoms with E-state index in [0.717, 1.165) is 28.7 Å². The van der Waals surface area contributed by atoms with Crippen molar-refractivity contribution in [3.8, 4) is 23.7 Å². The van der Waals surface area contributed by atoms with Gasteiger partial charge >= 0.3 is 0 Å². The maximum atomic E-state index is 3.24. The Kier molecular flexibility index (Phi) is 6.51. The summed E-state index contributed by atoms with van der Waals surface area (Å²) in [6.07, 6.45) is 3.62. The first-order valence-corrected chi connectivity index (χ1v) is 9.52. The van der Waals surface area contributed by atoms with Crippen LogP contribution in [-0.4, -0.2) is 0 Å². The standard InChI is InChI=1S/C27H24/c1-3-4-5-23-10-12-25(13-11-23)16-17-27-20-18-26(19-21-27)15-14-24-8-6-22(2)7-9-24/h6-13,18-21H,3-5H2,1-2H3. The molecule has 0 unspecified atom stereocenters. The number of aryl methyl sites for hydroxylation is 2. The van der Waals surface area contributed by atoms with Crippen LogP contribution in [0.4, 0.5) is 0 Å². The Hall–Kier alpha value is -3.22. The Morgan fingerprint density at radius 1 is 0.556 bits per heavy atom. The van der Waals surface area contributed by atoms with Crippen LogP contribution in [0.1, 0.15) is 53.1 Å². The van der Waals surface area contributed by atoms with Crippen molar-refractivity contribution in [1.29, 1.82) is 0 Å². The van der Waals surface area contributed by atoms with Crippen LogP contribution in [0, 0.1) is 30.6 Å². The molecule has 0 N–H and O–H groups in total. The number of benzene rings is 3. The van der Waals surface area contributed by atoms with Gasteiger partial charge in [0.05, 0.1) is 0 Å². The van der Waals surface area contributed by atoms with E-state index in [2.05, 4.69) is 86.1 Å². The lowest BCUT2D eigenvalue weighted by molar-refractivity contribution is 0.795. The van der Waals surface area contributed by atoms with E-state index in [1.165, 1.54) is 24.0 Å². The molecule has 132 valence electrons. The van der Waals surface area contributed by atoms with Crippen LogP contribution in [0.15, 0.2) is 72.8 Å². The number of rotatable bonds is 3. The van der Waals surface area contributed by atoms with E-state index in [4.69, 9.17) is 0 Å². The topological polar surface area (TPSA) is 0 Å². The first kappa shape index (κ1) is 18.6. The summed E-state index contributed by atoms with van der Waals surface area (Å²) < 4.78 is 0. The van der Waals surface area contributed by atoms with Crippen LogP contribution in [0.3, 0.4) is 0 Å². The van der Waals surface area contributed by atoms with Crippen molar-refractivity contribution in [2.75, 3.05) is 0 Å². The highest BCUT2D eigenvalue weighted by Gasteiger charge is 1.93. The molecule has 3 aromatic carbocycles. The van der Waals surface area contributed by atoms with Crippen molar-refractivity contribution in [2.24, 2.45) is 0 Å². The van der Waals surface area contributed by atoms with Gasteiger partial charge in [-0.15, -0.1) is 0 Å². The Bertz CT molecular complexity index is 981. The quantitative estimate of drug-likeness (QED) is 0.499. The predicted molar refractivity (Wildman–Crippen MR) is 115 cm³/mol. The van der Waals surface area contributed by atoms with Gasteiger partial charge in [-0.3, -0.25) is 0 Å². The SMILES string of the molecule is CCCCc1ccc(C#Cc2ccc(C#Cc3ccc(C)cc3)cc2)cc1. The first-order valence-electron chi connectivity index (χ1n) is 9.52.